The second kappa shape index (κ2) is 4.28. The number of aromatic nitrogens is 2. The number of benzene rings is 1. The van der Waals surface area contributed by atoms with Gasteiger partial charge in [-0.15, -0.1) is 0 Å². The smallest absolute Gasteiger partial charge is 0.0992 e. The quantitative estimate of drug-likeness (QED) is 0.808. The molecule has 0 spiro atoms. The standard InChI is InChI=1S/C11H7BrClN3/c1-7-10(13)6-16(15-7)11-3-2-8(5-14)4-9(11)12/h2-4,6H,1H3. The number of halogens is 2. The molecule has 80 valence electrons. The number of rotatable bonds is 1. The molecule has 1 aromatic heterocycles. The Morgan fingerprint density at radius 2 is 2.25 bits per heavy atom. The summed E-state index contributed by atoms with van der Waals surface area (Å²) in [4.78, 5) is 0. The Kier molecular flexibility index (Phi) is 2.99. The number of hydrogen-bond donors (Lipinski definition) is 0. The number of nitrogens with zero attached hydrogens (tertiary/aromatic N) is 3. The predicted octanol–water partition coefficient (Wildman–Crippen LogP) is 3.47. The molecule has 1 aromatic carbocycles. The lowest BCUT2D eigenvalue weighted by molar-refractivity contribution is 0.858. The first kappa shape index (κ1) is 11.2. The van der Waals surface area contributed by atoms with Crippen LogP contribution in [0.4, 0.5) is 0 Å². The molecular formula is C11H7BrClN3. The molecular weight excluding hydrogens is 289 g/mol. The number of hydrogen-bond acceptors (Lipinski definition) is 2. The summed E-state index contributed by atoms with van der Waals surface area (Å²) in [7, 11) is 0. The van der Waals surface area contributed by atoms with E-state index in [1.54, 1.807) is 23.0 Å². The van der Waals surface area contributed by atoms with E-state index in [4.69, 9.17) is 16.9 Å². The van der Waals surface area contributed by atoms with Crippen LogP contribution in [0, 0.1) is 18.3 Å². The fourth-order valence-corrected chi connectivity index (χ4v) is 2.02. The van der Waals surface area contributed by atoms with Gasteiger partial charge in [0.05, 0.1) is 28.0 Å². The summed E-state index contributed by atoms with van der Waals surface area (Å²) in [5, 5.41) is 13.6. The van der Waals surface area contributed by atoms with Crippen molar-refractivity contribution in [2.75, 3.05) is 0 Å². The van der Waals surface area contributed by atoms with Crippen molar-refractivity contribution in [1.29, 1.82) is 5.26 Å². The van der Waals surface area contributed by atoms with Crippen molar-refractivity contribution in [3.05, 3.63) is 45.1 Å². The first-order chi connectivity index (χ1) is 7.61. The van der Waals surface area contributed by atoms with Crippen molar-refractivity contribution in [2.45, 2.75) is 6.92 Å². The second-order valence-electron chi connectivity index (χ2n) is 3.29. The molecule has 0 aliphatic heterocycles. The van der Waals surface area contributed by atoms with Crippen LogP contribution in [0.25, 0.3) is 5.69 Å². The van der Waals surface area contributed by atoms with E-state index in [0.717, 1.165) is 15.9 Å². The molecule has 2 rings (SSSR count). The lowest BCUT2D eigenvalue weighted by Crippen LogP contribution is -1.96. The lowest BCUT2D eigenvalue weighted by Gasteiger charge is -2.04. The Morgan fingerprint density at radius 3 is 2.75 bits per heavy atom. The van der Waals surface area contributed by atoms with Gasteiger partial charge in [0.1, 0.15) is 0 Å². The van der Waals surface area contributed by atoms with Gasteiger partial charge in [-0.25, -0.2) is 4.68 Å². The molecule has 2 aromatic rings. The molecule has 0 amide bonds. The number of nitriles is 1. The van der Waals surface area contributed by atoms with Crippen LogP contribution in [0.1, 0.15) is 11.3 Å². The van der Waals surface area contributed by atoms with Crippen molar-refractivity contribution in [3.63, 3.8) is 0 Å². The van der Waals surface area contributed by atoms with Crippen molar-refractivity contribution in [2.24, 2.45) is 0 Å². The molecule has 3 nitrogen and oxygen atoms in total. The Hall–Kier alpha value is -1.31. The van der Waals surface area contributed by atoms with Gasteiger partial charge in [-0.2, -0.15) is 10.4 Å². The van der Waals surface area contributed by atoms with E-state index in [-0.39, 0.29) is 0 Å². The Balaban J connectivity index is 2.53. The monoisotopic (exact) mass is 295 g/mol. The molecule has 0 aliphatic rings. The minimum absolute atomic E-state index is 0.602. The van der Waals surface area contributed by atoms with Crippen molar-refractivity contribution < 1.29 is 0 Å². The molecule has 0 aliphatic carbocycles. The zero-order chi connectivity index (χ0) is 11.7. The van der Waals surface area contributed by atoms with Gasteiger partial charge in [0.15, 0.2) is 0 Å². The van der Waals surface area contributed by atoms with Crippen LogP contribution in [0.3, 0.4) is 0 Å². The maximum absolute atomic E-state index is 8.76. The number of aryl methyl sites for hydroxylation is 1. The van der Waals surface area contributed by atoms with E-state index in [2.05, 4.69) is 27.1 Å². The molecule has 0 bridgehead atoms. The highest BCUT2D eigenvalue weighted by Gasteiger charge is 2.07. The Bertz CT molecular complexity index is 564. The van der Waals surface area contributed by atoms with Gasteiger partial charge in [0.2, 0.25) is 0 Å². The van der Waals surface area contributed by atoms with Crippen LogP contribution in [0.15, 0.2) is 28.9 Å². The van der Waals surface area contributed by atoms with Gasteiger partial charge in [-0.05, 0) is 41.1 Å². The van der Waals surface area contributed by atoms with E-state index >= 15 is 0 Å². The van der Waals surface area contributed by atoms with Gasteiger partial charge in [0.25, 0.3) is 0 Å². The fourth-order valence-electron chi connectivity index (χ4n) is 1.32. The summed E-state index contributed by atoms with van der Waals surface area (Å²) in [6.07, 6.45) is 1.74. The predicted molar refractivity (Wildman–Crippen MR) is 65.7 cm³/mol. The molecule has 0 atom stereocenters. The topological polar surface area (TPSA) is 41.6 Å². The van der Waals surface area contributed by atoms with Gasteiger partial charge >= 0.3 is 0 Å². The summed E-state index contributed by atoms with van der Waals surface area (Å²) in [6.45, 7) is 1.84. The minimum atomic E-state index is 0.602. The molecule has 1 heterocycles. The molecule has 5 heteroatoms. The van der Waals surface area contributed by atoms with Crippen LogP contribution < -0.4 is 0 Å². The molecule has 0 saturated heterocycles. The molecule has 0 fully saturated rings. The van der Waals surface area contributed by atoms with Crippen LogP contribution in [-0.4, -0.2) is 9.78 Å². The maximum Gasteiger partial charge on any atom is 0.0992 e. The summed E-state index contributed by atoms with van der Waals surface area (Å²) >= 11 is 9.34. The summed E-state index contributed by atoms with van der Waals surface area (Å²) < 4.78 is 2.49. The summed E-state index contributed by atoms with van der Waals surface area (Å²) in [5.74, 6) is 0. The van der Waals surface area contributed by atoms with Crippen LogP contribution >= 0.6 is 27.5 Å². The average molecular weight is 297 g/mol. The third-order valence-corrected chi connectivity index (χ3v) is 3.17. The Morgan fingerprint density at radius 1 is 1.50 bits per heavy atom. The highest BCUT2D eigenvalue weighted by Crippen LogP contribution is 2.24. The molecule has 0 unspecified atom stereocenters. The molecule has 16 heavy (non-hydrogen) atoms. The Labute approximate surface area is 106 Å². The average Bonchev–Trinajstić information content (AvgIpc) is 2.58. The zero-order valence-electron chi connectivity index (χ0n) is 8.41. The van der Waals surface area contributed by atoms with E-state index < -0.39 is 0 Å². The summed E-state index contributed by atoms with van der Waals surface area (Å²) in [6, 6.07) is 7.39. The van der Waals surface area contributed by atoms with Crippen molar-refractivity contribution >= 4 is 27.5 Å². The molecule has 0 radical (unpaired) electrons. The van der Waals surface area contributed by atoms with Gasteiger partial charge in [0, 0.05) is 10.7 Å². The van der Waals surface area contributed by atoms with E-state index in [9.17, 15) is 0 Å². The van der Waals surface area contributed by atoms with Gasteiger partial charge in [-0.1, -0.05) is 11.6 Å². The van der Waals surface area contributed by atoms with Gasteiger partial charge in [-0.3, -0.25) is 0 Å². The SMILES string of the molecule is Cc1nn(-c2ccc(C#N)cc2Br)cc1Cl. The normalized spacial score (nSPS) is 10.1. The molecule has 0 N–H and O–H groups in total. The van der Waals surface area contributed by atoms with Crippen LogP contribution in [0.5, 0.6) is 0 Å². The maximum atomic E-state index is 8.76. The van der Waals surface area contributed by atoms with E-state index in [1.165, 1.54) is 0 Å². The fraction of sp³-hybridized carbons (Fsp3) is 0.0909. The third kappa shape index (κ3) is 1.97. The highest BCUT2D eigenvalue weighted by atomic mass is 79.9. The van der Waals surface area contributed by atoms with E-state index in [1.807, 2.05) is 13.0 Å². The summed E-state index contributed by atoms with van der Waals surface area (Å²) in [5.41, 5.74) is 2.23. The second-order valence-corrected chi connectivity index (χ2v) is 4.55. The van der Waals surface area contributed by atoms with Crippen LogP contribution in [0.2, 0.25) is 5.02 Å². The highest BCUT2D eigenvalue weighted by molar-refractivity contribution is 9.10. The first-order valence-electron chi connectivity index (χ1n) is 4.53. The third-order valence-electron chi connectivity index (χ3n) is 2.16. The zero-order valence-corrected chi connectivity index (χ0v) is 10.7. The van der Waals surface area contributed by atoms with Crippen molar-refractivity contribution in [3.8, 4) is 11.8 Å². The minimum Gasteiger partial charge on any atom is -0.238 e. The largest absolute Gasteiger partial charge is 0.238 e. The van der Waals surface area contributed by atoms with E-state index in [0.29, 0.717) is 10.6 Å². The van der Waals surface area contributed by atoms with Crippen LogP contribution in [-0.2, 0) is 0 Å². The molecule has 0 saturated carbocycles. The lowest BCUT2D eigenvalue weighted by atomic mass is 10.2. The van der Waals surface area contributed by atoms with Gasteiger partial charge < -0.3 is 0 Å². The first-order valence-corrected chi connectivity index (χ1v) is 5.70. The van der Waals surface area contributed by atoms with Crippen molar-refractivity contribution in [1.82, 2.24) is 9.78 Å².